The fraction of sp³-hybridized carbons (Fsp3) is 0.154. The van der Waals surface area contributed by atoms with Gasteiger partial charge in [0.1, 0.15) is 5.82 Å². The van der Waals surface area contributed by atoms with E-state index in [0.29, 0.717) is 12.4 Å². The van der Waals surface area contributed by atoms with Crippen molar-refractivity contribution >= 4 is 17.4 Å². The molecule has 8 nitrogen and oxygen atoms in total. The Labute approximate surface area is 119 Å². The lowest BCUT2D eigenvalue weighted by molar-refractivity contribution is 0.0593. The molecular weight excluding hydrogens is 272 g/mol. The van der Waals surface area contributed by atoms with Gasteiger partial charge < -0.3 is 10.1 Å². The summed E-state index contributed by atoms with van der Waals surface area (Å²) in [7, 11) is 1.30. The molecule has 0 aromatic carbocycles. The maximum absolute atomic E-state index is 11.3. The number of hydrogen-bond donors (Lipinski definition) is 1. The van der Waals surface area contributed by atoms with Gasteiger partial charge in [0.05, 0.1) is 25.5 Å². The second kappa shape index (κ2) is 5.53. The van der Waals surface area contributed by atoms with Crippen LogP contribution in [0.2, 0.25) is 0 Å². The summed E-state index contributed by atoms with van der Waals surface area (Å²) >= 11 is 0. The SMILES string of the molecule is COC(=O)c1ccc(NCc2ccnc3ccnn23)nn1. The van der Waals surface area contributed by atoms with Crippen LogP contribution < -0.4 is 5.32 Å². The number of nitrogens with zero attached hydrogens (tertiary/aromatic N) is 5. The number of fused-ring (bicyclic) bond motifs is 1. The fourth-order valence-electron chi connectivity index (χ4n) is 1.84. The minimum absolute atomic E-state index is 0.168. The van der Waals surface area contributed by atoms with Gasteiger partial charge in [-0.1, -0.05) is 0 Å². The number of carbonyl (C=O) groups excluding carboxylic acids is 1. The Balaban J connectivity index is 1.73. The van der Waals surface area contributed by atoms with Crippen LogP contribution in [0.15, 0.2) is 36.7 Å². The Morgan fingerprint density at radius 2 is 2.14 bits per heavy atom. The smallest absolute Gasteiger partial charge is 0.358 e. The van der Waals surface area contributed by atoms with Crippen LogP contribution in [0.4, 0.5) is 5.82 Å². The molecule has 0 aliphatic carbocycles. The maximum Gasteiger partial charge on any atom is 0.358 e. The van der Waals surface area contributed by atoms with E-state index in [2.05, 4.69) is 30.3 Å². The lowest BCUT2D eigenvalue weighted by atomic mass is 10.3. The van der Waals surface area contributed by atoms with Crippen LogP contribution in [-0.2, 0) is 11.3 Å². The summed E-state index contributed by atoms with van der Waals surface area (Å²) in [5, 5.41) is 15.0. The third kappa shape index (κ3) is 2.64. The monoisotopic (exact) mass is 284 g/mol. The molecule has 3 rings (SSSR count). The summed E-state index contributed by atoms with van der Waals surface area (Å²) in [4.78, 5) is 15.4. The Kier molecular flexibility index (Phi) is 3.42. The molecular formula is C13H12N6O2. The van der Waals surface area contributed by atoms with Crippen LogP contribution in [0.5, 0.6) is 0 Å². The number of rotatable bonds is 4. The highest BCUT2D eigenvalue weighted by Gasteiger charge is 2.08. The normalized spacial score (nSPS) is 10.5. The van der Waals surface area contributed by atoms with E-state index in [-0.39, 0.29) is 5.69 Å². The molecule has 21 heavy (non-hydrogen) atoms. The van der Waals surface area contributed by atoms with Crippen molar-refractivity contribution in [1.82, 2.24) is 24.8 Å². The van der Waals surface area contributed by atoms with Crippen molar-refractivity contribution in [3.8, 4) is 0 Å². The summed E-state index contributed by atoms with van der Waals surface area (Å²) in [6.45, 7) is 0.507. The predicted octanol–water partition coefficient (Wildman–Crippen LogP) is 0.918. The summed E-state index contributed by atoms with van der Waals surface area (Å²) in [6, 6.07) is 6.91. The highest BCUT2D eigenvalue weighted by Crippen LogP contribution is 2.07. The Morgan fingerprint density at radius 3 is 2.90 bits per heavy atom. The van der Waals surface area contributed by atoms with Crippen LogP contribution in [0.3, 0.4) is 0 Å². The third-order valence-electron chi connectivity index (χ3n) is 2.88. The van der Waals surface area contributed by atoms with E-state index in [1.807, 2.05) is 12.1 Å². The van der Waals surface area contributed by atoms with Gasteiger partial charge in [0.25, 0.3) is 0 Å². The molecule has 3 aromatic heterocycles. The van der Waals surface area contributed by atoms with Gasteiger partial charge in [-0.2, -0.15) is 5.10 Å². The van der Waals surface area contributed by atoms with Gasteiger partial charge in [0.2, 0.25) is 0 Å². The zero-order chi connectivity index (χ0) is 14.7. The van der Waals surface area contributed by atoms with Crippen LogP contribution in [0, 0.1) is 0 Å². The van der Waals surface area contributed by atoms with E-state index in [4.69, 9.17) is 0 Å². The second-order valence-corrected chi connectivity index (χ2v) is 4.19. The zero-order valence-corrected chi connectivity index (χ0v) is 11.2. The molecule has 3 heterocycles. The van der Waals surface area contributed by atoms with Crippen LogP contribution in [0.25, 0.3) is 5.65 Å². The number of hydrogen-bond acceptors (Lipinski definition) is 7. The average molecular weight is 284 g/mol. The zero-order valence-electron chi connectivity index (χ0n) is 11.2. The van der Waals surface area contributed by atoms with E-state index in [1.165, 1.54) is 7.11 Å². The van der Waals surface area contributed by atoms with E-state index < -0.39 is 5.97 Å². The van der Waals surface area contributed by atoms with Gasteiger partial charge in [0.15, 0.2) is 11.3 Å². The first-order valence-corrected chi connectivity index (χ1v) is 6.21. The van der Waals surface area contributed by atoms with Crippen molar-refractivity contribution in [1.29, 1.82) is 0 Å². The van der Waals surface area contributed by atoms with Crippen LogP contribution >= 0.6 is 0 Å². The number of carbonyl (C=O) groups is 1. The topological polar surface area (TPSA) is 94.3 Å². The molecule has 0 unspecified atom stereocenters. The number of aromatic nitrogens is 5. The molecule has 0 amide bonds. The summed E-state index contributed by atoms with van der Waals surface area (Å²) in [5.41, 5.74) is 1.88. The standard InChI is InChI=1S/C13H12N6O2/c1-21-13(20)10-2-3-11(18-17-10)15-8-9-4-6-14-12-5-7-16-19(9)12/h2-7H,8H2,1H3,(H,15,18). The molecule has 0 saturated carbocycles. The molecule has 0 aliphatic rings. The van der Waals surface area contributed by atoms with E-state index in [1.54, 1.807) is 29.0 Å². The third-order valence-corrected chi connectivity index (χ3v) is 2.88. The van der Waals surface area contributed by atoms with E-state index >= 15 is 0 Å². The molecule has 8 heteroatoms. The Bertz CT molecular complexity index is 768. The van der Waals surface area contributed by atoms with Crippen LogP contribution in [0.1, 0.15) is 16.2 Å². The van der Waals surface area contributed by atoms with Gasteiger partial charge >= 0.3 is 5.97 Å². The number of esters is 1. The van der Waals surface area contributed by atoms with Gasteiger partial charge in [0, 0.05) is 12.3 Å². The van der Waals surface area contributed by atoms with E-state index in [0.717, 1.165) is 11.3 Å². The number of ether oxygens (including phenoxy) is 1. The molecule has 0 bridgehead atoms. The summed E-state index contributed by atoms with van der Waals surface area (Å²) in [6.07, 6.45) is 3.41. The first-order valence-electron chi connectivity index (χ1n) is 6.21. The van der Waals surface area contributed by atoms with Crippen LogP contribution in [-0.4, -0.2) is 37.9 Å². The molecule has 0 atom stereocenters. The van der Waals surface area contributed by atoms with Crippen molar-refractivity contribution < 1.29 is 9.53 Å². The quantitative estimate of drug-likeness (QED) is 0.712. The molecule has 0 aliphatic heterocycles. The van der Waals surface area contributed by atoms with Crippen molar-refractivity contribution in [2.75, 3.05) is 12.4 Å². The van der Waals surface area contributed by atoms with Crippen molar-refractivity contribution in [3.05, 3.63) is 48.0 Å². The van der Waals surface area contributed by atoms with Gasteiger partial charge in [-0.25, -0.2) is 14.3 Å². The van der Waals surface area contributed by atoms with Crippen molar-refractivity contribution in [2.24, 2.45) is 0 Å². The lowest BCUT2D eigenvalue weighted by Crippen LogP contribution is -2.10. The first kappa shape index (κ1) is 13.0. The molecule has 0 saturated heterocycles. The van der Waals surface area contributed by atoms with Crippen molar-refractivity contribution in [3.63, 3.8) is 0 Å². The summed E-state index contributed by atoms with van der Waals surface area (Å²) < 4.78 is 6.30. The van der Waals surface area contributed by atoms with Crippen molar-refractivity contribution in [2.45, 2.75) is 6.54 Å². The number of methoxy groups -OCH3 is 1. The predicted molar refractivity (Wildman–Crippen MR) is 73.7 cm³/mol. The first-order chi connectivity index (χ1) is 10.3. The molecule has 3 aromatic rings. The van der Waals surface area contributed by atoms with Gasteiger partial charge in [-0.05, 0) is 18.2 Å². The maximum atomic E-state index is 11.3. The fourth-order valence-corrected chi connectivity index (χ4v) is 1.84. The molecule has 1 N–H and O–H groups in total. The average Bonchev–Trinajstić information content (AvgIpc) is 3.02. The van der Waals surface area contributed by atoms with Gasteiger partial charge in [-0.15, -0.1) is 10.2 Å². The summed E-state index contributed by atoms with van der Waals surface area (Å²) in [5.74, 6) is 0.0428. The highest BCUT2D eigenvalue weighted by atomic mass is 16.5. The Morgan fingerprint density at radius 1 is 1.24 bits per heavy atom. The van der Waals surface area contributed by atoms with Gasteiger partial charge in [-0.3, -0.25) is 0 Å². The highest BCUT2D eigenvalue weighted by molar-refractivity contribution is 5.86. The molecule has 0 fully saturated rings. The largest absolute Gasteiger partial charge is 0.464 e. The number of anilines is 1. The minimum atomic E-state index is -0.513. The Hall–Kier alpha value is -3.03. The lowest BCUT2D eigenvalue weighted by Gasteiger charge is -2.07. The molecule has 0 radical (unpaired) electrons. The minimum Gasteiger partial charge on any atom is -0.464 e. The number of nitrogens with one attached hydrogen (secondary N) is 1. The molecule has 106 valence electrons. The van der Waals surface area contributed by atoms with E-state index in [9.17, 15) is 4.79 Å². The second-order valence-electron chi connectivity index (χ2n) is 4.19. The molecule has 0 spiro atoms.